The fourth-order valence-corrected chi connectivity index (χ4v) is 1.20. The van der Waals surface area contributed by atoms with Crippen molar-refractivity contribution >= 4 is 24.7 Å². The third-order valence-electron chi connectivity index (χ3n) is 1.72. The van der Waals surface area contributed by atoms with Crippen LogP contribution in [0.25, 0.3) is 0 Å². The van der Waals surface area contributed by atoms with E-state index >= 15 is 0 Å². The lowest BCUT2D eigenvalue weighted by molar-refractivity contribution is -0.144. The molecule has 112 valence electrons. The first-order valence-electron chi connectivity index (χ1n) is 6.16. The lowest BCUT2D eigenvalue weighted by atomic mass is 10.2. The van der Waals surface area contributed by atoms with Crippen LogP contribution in [0.1, 0.15) is 27.2 Å². The van der Waals surface area contributed by atoms with Crippen LogP contribution in [0, 0.1) is 0 Å². The topological polar surface area (TPSA) is 73.9 Å². The molecule has 0 saturated carbocycles. The second-order valence-electron chi connectivity index (χ2n) is 4.74. The van der Waals surface area contributed by atoms with Gasteiger partial charge in [0.25, 0.3) is 0 Å². The Morgan fingerprint density at radius 3 is 2.42 bits per heavy atom. The zero-order chi connectivity index (χ0) is 14.7. The zero-order valence-electron chi connectivity index (χ0n) is 11.7. The van der Waals surface area contributed by atoms with E-state index in [1.165, 1.54) is 0 Å². The zero-order valence-corrected chi connectivity index (χ0v) is 12.6. The average Bonchev–Trinajstić information content (AvgIpc) is 2.25. The van der Waals surface area contributed by atoms with Crippen LogP contribution in [0.4, 0.5) is 4.79 Å². The predicted molar refractivity (Wildman–Crippen MR) is 74.5 cm³/mol. The number of thiol groups is 1. The lowest BCUT2D eigenvalue weighted by Crippen LogP contribution is -2.34. The van der Waals surface area contributed by atoms with E-state index in [-0.39, 0.29) is 12.6 Å². The molecule has 0 rings (SSSR count). The van der Waals surface area contributed by atoms with Crippen LogP contribution in [-0.2, 0) is 19.0 Å². The molecule has 0 aromatic carbocycles. The van der Waals surface area contributed by atoms with E-state index in [0.717, 1.165) is 0 Å². The van der Waals surface area contributed by atoms with E-state index in [9.17, 15) is 9.59 Å². The van der Waals surface area contributed by atoms with Crippen molar-refractivity contribution in [2.75, 3.05) is 32.1 Å². The van der Waals surface area contributed by atoms with Gasteiger partial charge in [0.05, 0.1) is 19.6 Å². The summed E-state index contributed by atoms with van der Waals surface area (Å²) in [5.41, 5.74) is -0.508. The Hall–Kier alpha value is -0.950. The fraction of sp³-hybridized carbons (Fsp3) is 0.833. The van der Waals surface area contributed by atoms with E-state index in [2.05, 4.69) is 17.9 Å². The van der Waals surface area contributed by atoms with Gasteiger partial charge in [-0.05, 0) is 20.8 Å². The standard InChI is InChI=1S/C12H23NO5S/c1-12(2,3)18-11(15)13-5-6-16-7-8-17-10(14)4-9-19/h19H,4-9H2,1-3H3,(H,13,15). The molecule has 0 aliphatic heterocycles. The number of rotatable bonds is 8. The summed E-state index contributed by atoms with van der Waals surface area (Å²) < 4.78 is 15.1. The van der Waals surface area contributed by atoms with Crippen molar-refractivity contribution in [1.82, 2.24) is 5.32 Å². The van der Waals surface area contributed by atoms with E-state index in [1.807, 2.05) is 0 Å². The molecule has 6 nitrogen and oxygen atoms in total. The Balaban J connectivity index is 3.36. The highest BCUT2D eigenvalue weighted by molar-refractivity contribution is 7.80. The van der Waals surface area contributed by atoms with Gasteiger partial charge < -0.3 is 19.5 Å². The molecule has 1 amide bonds. The van der Waals surface area contributed by atoms with Gasteiger partial charge in [-0.2, -0.15) is 12.6 Å². The average molecular weight is 293 g/mol. The summed E-state index contributed by atoms with van der Waals surface area (Å²) in [6.45, 7) is 6.57. The molecule has 0 spiro atoms. The quantitative estimate of drug-likeness (QED) is 0.402. The number of carbonyl (C=O) groups is 2. The number of hydrogen-bond donors (Lipinski definition) is 2. The van der Waals surface area contributed by atoms with Gasteiger partial charge in [-0.1, -0.05) is 0 Å². The molecule has 0 bridgehead atoms. The molecule has 19 heavy (non-hydrogen) atoms. The number of alkyl carbamates (subject to hydrolysis) is 1. The largest absolute Gasteiger partial charge is 0.463 e. The molecule has 0 aliphatic rings. The van der Waals surface area contributed by atoms with Crippen LogP contribution in [0.2, 0.25) is 0 Å². The number of esters is 1. The van der Waals surface area contributed by atoms with Crippen LogP contribution in [-0.4, -0.2) is 49.8 Å². The summed E-state index contributed by atoms with van der Waals surface area (Å²) in [7, 11) is 0. The van der Waals surface area contributed by atoms with Crippen molar-refractivity contribution in [3.8, 4) is 0 Å². The number of hydrogen-bond acceptors (Lipinski definition) is 6. The third-order valence-corrected chi connectivity index (χ3v) is 1.94. The molecule has 1 N–H and O–H groups in total. The predicted octanol–water partition coefficient (Wildman–Crippen LogP) is 1.39. The van der Waals surface area contributed by atoms with E-state index < -0.39 is 11.7 Å². The summed E-state index contributed by atoms with van der Waals surface area (Å²) in [5, 5.41) is 2.56. The number of carbonyl (C=O) groups excluding carboxylic acids is 2. The van der Waals surface area contributed by atoms with Crippen LogP contribution < -0.4 is 5.32 Å². The Bertz CT molecular complexity index is 278. The molecule has 0 atom stereocenters. The van der Waals surface area contributed by atoms with E-state index in [4.69, 9.17) is 14.2 Å². The van der Waals surface area contributed by atoms with E-state index in [0.29, 0.717) is 31.9 Å². The number of amides is 1. The highest BCUT2D eigenvalue weighted by Gasteiger charge is 2.15. The second kappa shape index (κ2) is 9.91. The highest BCUT2D eigenvalue weighted by atomic mass is 32.1. The van der Waals surface area contributed by atoms with Crippen LogP contribution >= 0.6 is 12.6 Å². The fourth-order valence-electron chi connectivity index (χ4n) is 1.02. The summed E-state index contributed by atoms with van der Waals surface area (Å²) in [4.78, 5) is 22.2. The summed E-state index contributed by atoms with van der Waals surface area (Å²) in [6.07, 6.45) is -0.181. The normalized spacial score (nSPS) is 10.9. The maximum atomic E-state index is 11.2. The van der Waals surface area contributed by atoms with Crippen molar-refractivity contribution < 1.29 is 23.8 Å². The van der Waals surface area contributed by atoms with Gasteiger partial charge in [-0.25, -0.2) is 4.79 Å². The molecule has 0 saturated heterocycles. The first-order chi connectivity index (χ1) is 8.85. The van der Waals surface area contributed by atoms with Crippen molar-refractivity contribution in [1.29, 1.82) is 0 Å². The van der Waals surface area contributed by atoms with E-state index in [1.54, 1.807) is 20.8 Å². The molecule has 0 aromatic heterocycles. The molecular weight excluding hydrogens is 270 g/mol. The Labute approximate surface area is 119 Å². The molecule has 0 fully saturated rings. The van der Waals surface area contributed by atoms with Crippen LogP contribution in [0.5, 0.6) is 0 Å². The maximum absolute atomic E-state index is 11.2. The van der Waals surface area contributed by atoms with Crippen LogP contribution in [0.15, 0.2) is 0 Å². The first-order valence-corrected chi connectivity index (χ1v) is 6.79. The van der Waals surface area contributed by atoms with Crippen LogP contribution in [0.3, 0.4) is 0 Å². The van der Waals surface area contributed by atoms with Gasteiger partial charge in [0.15, 0.2) is 0 Å². The smallest absolute Gasteiger partial charge is 0.407 e. The van der Waals surface area contributed by atoms with Gasteiger partial charge in [-0.3, -0.25) is 4.79 Å². The molecule has 7 heteroatoms. The summed E-state index contributed by atoms with van der Waals surface area (Å²) in [6, 6.07) is 0. The SMILES string of the molecule is CC(C)(C)OC(=O)NCCOCCOC(=O)CCS. The van der Waals surface area contributed by atoms with Gasteiger partial charge in [0.1, 0.15) is 12.2 Å². The molecule has 0 unspecified atom stereocenters. The van der Waals surface area contributed by atoms with Gasteiger partial charge >= 0.3 is 12.1 Å². The Kier molecular flexibility index (Phi) is 9.42. The van der Waals surface area contributed by atoms with Crippen molar-refractivity contribution in [2.24, 2.45) is 0 Å². The maximum Gasteiger partial charge on any atom is 0.407 e. The minimum absolute atomic E-state index is 0.207. The Morgan fingerprint density at radius 2 is 1.84 bits per heavy atom. The van der Waals surface area contributed by atoms with Crippen molar-refractivity contribution in [2.45, 2.75) is 32.8 Å². The monoisotopic (exact) mass is 293 g/mol. The minimum atomic E-state index is -0.508. The lowest BCUT2D eigenvalue weighted by Gasteiger charge is -2.19. The van der Waals surface area contributed by atoms with Gasteiger partial charge in [0, 0.05) is 12.3 Å². The second-order valence-corrected chi connectivity index (χ2v) is 5.18. The van der Waals surface area contributed by atoms with Gasteiger partial charge in [0.2, 0.25) is 0 Å². The number of ether oxygens (including phenoxy) is 3. The molecule has 0 heterocycles. The number of nitrogens with one attached hydrogen (secondary N) is 1. The third kappa shape index (κ3) is 13.3. The molecule has 0 aliphatic carbocycles. The summed E-state index contributed by atoms with van der Waals surface area (Å²) in [5.74, 6) is 0.185. The highest BCUT2D eigenvalue weighted by Crippen LogP contribution is 2.05. The first kappa shape index (κ1) is 18.0. The van der Waals surface area contributed by atoms with Crippen molar-refractivity contribution in [3.63, 3.8) is 0 Å². The minimum Gasteiger partial charge on any atom is -0.463 e. The molecule has 0 radical (unpaired) electrons. The molecule has 0 aromatic rings. The molecular formula is C12H23NO5S. The van der Waals surface area contributed by atoms with Gasteiger partial charge in [-0.15, -0.1) is 0 Å². The summed E-state index contributed by atoms with van der Waals surface area (Å²) >= 11 is 3.92. The Morgan fingerprint density at radius 1 is 1.16 bits per heavy atom. The van der Waals surface area contributed by atoms with Crippen molar-refractivity contribution in [3.05, 3.63) is 0 Å².